The summed E-state index contributed by atoms with van der Waals surface area (Å²) in [6.45, 7) is 4.62. The molecular weight excluding hydrogens is 574 g/mol. The molecule has 2 N–H and O–H groups in total. The van der Waals surface area contributed by atoms with E-state index in [1.807, 2.05) is 61.7 Å². The number of halogens is 1. The first-order valence-electron chi connectivity index (χ1n) is 13.4. The van der Waals surface area contributed by atoms with Gasteiger partial charge in [-0.3, -0.25) is 4.79 Å². The van der Waals surface area contributed by atoms with Crippen molar-refractivity contribution in [3.63, 3.8) is 0 Å². The third-order valence-corrected chi connectivity index (χ3v) is 7.83. The van der Waals surface area contributed by atoms with Crippen LogP contribution in [0, 0.1) is 6.92 Å². The number of amides is 1. The van der Waals surface area contributed by atoms with Crippen molar-refractivity contribution < 1.29 is 19.4 Å². The lowest BCUT2D eigenvalue weighted by Crippen LogP contribution is -2.41. The Morgan fingerprint density at radius 3 is 2.49 bits per heavy atom. The predicted molar refractivity (Wildman–Crippen MR) is 164 cm³/mol. The molecule has 0 spiro atoms. The molecular formula is C32H38BrNO4S. The fraction of sp³-hybridized carbons (Fsp3) is 0.375. The number of benzene rings is 3. The Balaban J connectivity index is 1.86. The topological polar surface area (TPSA) is 75.6 Å². The van der Waals surface area contributed by atoms with Crippen molar-refractivity contribution >= 4 is 39.6 Å². The lowest BCUT2D eigenvalue weighted by atomic mass is 9.93. The smallest absolute Gasteiger partial charge is 0.326 e. The van der Waals surface area contributed by atoms with Gasteiger partial charge in [-0.1, -0.05) is 78.2 Å². The molecule has 3 aromatic carbocycles. The molecule has 0 saturated heterocycles. The molecule has 0 saturated carbocycles. The Bertz CT molecular complexity index is 1250. The second-order valence-electron chi connectivity index (χ2n) is 9.75. The van der Waals surface area contributed by atoms with Gasteiger partial charge in [0.2, 0.25) is 0 Å². The second kappa shape index (κ2) is 15.8. The van der Waals surface area contributed by atoms with Crippen LogP contribution in [0.3, 0.4) is 0 Å². The van der Waals surface area contributed by atoms with E-state index in [0.29, 0.717) is 24.3 Å². The highest BCUT2D eigenvalue weighted by Crippen LogP contribution is 2.29. The van der Waals surface area contributed by atoms with Gasteiger partial charge in [-0.25, -0.2) is 4.79 Å². The maximum Gasteiger partial charge on any atom is 0.326 e. The molecule has 0 aliphatic heterocycles. The summed E-state index contributed by atoms with van der Waals surface area (Å²) in [6, 6.07) is 21.0. The molecule has 0 bridgehead atoms. The number of hydrogen-bond donors (Lipinski definition) is 2. The summed E-state index contributed by atoms with van der Waals surface area (Å²) in [5.41, 5.74) is 5.41. The van der Waals surface area contributed by atoms with Crippen molar-refractivity contribution in [2.24, 2.45) is 0 Å². The van der Waals surface area contributed by atoms with Gasteiger partial charge in [0.05, 0.1) is 12.7 Å². The average Bonchev–Trinajstić information content (AvgIpc) is 2.92. The standard InChI is InChI=1S/C32H38BrNO4S/c1-4-5-12-26(19-23-10-8-11-25(33)18-23)38-21-24-14-15-28(29(20-24)27-13-7-6-9-22(27)2)31(35)34-30(32(36)37)16-17-39-3/h6-11,13-15,18,20,26,30H,4-5,12,16-17,19,21H2,1-3H3,(H,34,35)(H,36,37)/t26-,30+/m1/s1. The van der Waals surface area contributed by atoms with E-state index in [1.54, 1.807) is 17.8 Å². The first-order chi connectivity index (χ1) is 18.8. The third-order valence-electron chi connectivity index (χ3n) is 6.70. The van der Waals surface area contributed by atoms with Gasteiger partial charge in [-0.2, -0.15) is 11.8 Å². The predicted octanol–water partition coefficient (Wildman–Crippen LogP) is 7.68. The Labute approximate surface area is 244 Å². The highest BCUT2D eigenvalue weighted by molar-refractivity contribution is 9.10. The van der Waals surface area contributed by atoms with Crippen LogP contribution < -0.4 is 5.32 Å². The number of carboxylic acid groups (broad SMARTS) is 1. The van der Waals surface area contributed by atoms with Crippen LogP contribution in [0.4, 0.5) is 0 Å². The summed E-state index contributed by atoms with van der Waals surface area (Å²) in [4.78, 5) is 25.1. The summed E-state index contributed by atoms with van der Waals surface area (Å²) in [5.74, 6) is -0.759. The Morgan fingerprint density at radius 1 is 1.00 bits per heavy atom. The first-order valence-corrected chi connectivity index (χ1v) is 15.6. The first kappa shape index (κ1) is 30.9. The molecule has 3 rings (SSSR count). The SMILES string of the molecule is CCCC[C@H](Cc1cccc(Br)c1)OCc1ccc(C(=O)N[C@@H](CCSC)C(=O)O)c(-c2ccccc2C)c1. The normalized spacial score (nSPS) is 12.6. The number of unbranched alkanes of at least 4 members (excludes halogenated alkanes) is 1. The molecule has 0 radical (unpaired) electrons. The van der Waals surface area contributed by atoms with Crippen LogP contribution in [0.5, 0.6) is 0 Å². The van der Waals surface area contributed by atoms with E-state index < -0.39 is 12.0 Å². The molecule has 0 fully saturated rings. The number of carbonyl (C=O) groups excluding carboxylic acids is 1. The van der Waals surface area contributed by atoms with Crippen LogP contribution in [0.25, 0.3) is 11.1 Å². The number of nitrogens with one attached hydrogen (secondary N) is 1. The van der Waals surface area contributed by atoms with E-state index in [9.17, 15) is 14.7 Å². The van der Waals surface area contributed by atoms with E-state index in [1.165, 1.54) is 5.56 Å². The molecule has 0 aromatic heterocycles. The summed E-state index contributed by atoms with van der Waals surface area (Å²) in [5, 5.41) is 12.4. The molecule has 0 aliphatic carbocycles. The zero-order chi connectivity index (χ0) is 28.2. The van der Waals surface area contributed by atoms with Gasteiger partial charge in [-0.05, 0) is 90.3 Å². The van der Waals surface area contributed by atoms with Gasteiger partial charge in [-0.15, -0.1) is 0 Å². The Morgan fingerprint density at radius 2 is 1.79 bits per heavy atom. The maximum atomic E-state index is 13.3. The number of ether oxygens (including phenoxy) is 1. The van der Waals surface area contributed by atoms with Crippen LogP contribution in [0.2, 0.25) is 0 Å². The largest absolute Gasteiger partial charge is 0.480 e. The molecule has 3 aromatic rings. The molecule has 208 valence electrons. The fourth-order valence-corrected chi connectivity index (χ4v) is 5.44. The number of thioether (sulfide) groups is 1. The fourth-order valence-electron chi connectivity index (χ4n) is 4.52. The summed E-state index contributed by atoms with van der Waals surface area (Å²) >= 11 is 5.12. The van der Waals surface area contributed by atoms with Crippen LogP contribution in [0.15, 0.2) is 71.2 Å². The zero-order valence-electron chi connectivity index (χ0n) is 22.9. The van der Waals surface area contributed by atoms with Gasteiger partial charge in [0.15, 0.2) is 0 Å². The molecule has 0 heterocycles. The van der Waals surface area contributed by atoms with Gasteiger partial charge in [0.1, 0.15) is 6.04 Å². The van der Waals surface area contributed by atoms with Crippen LogP contribution in [-0.4, -0.2) is 41.1 Å². The molecule has 1 amide bonds. The van der Waals surface area contributed by atoms with E-state index in [4.69, 9.17) is 4.74 Å². The summed E-state index contributed by atoms with van der Waals surface area (Å²) in [6.07, 6.45) is 6.37. The second-order valence-corrected chi connectivity index (χ2v) is 11.7. The number of rotatable bonds is 15. The highest BCUT2D eigenvalue weighted by Gasteiger charge is 2.23. The molecule has 0 unspecified atom stereocenters. The lowest BCUT2D eigenvalue weighted by Gasteiger charge is -2.20. The summed E-state index contributed by atoms with van der Waals surface area (Å²) in [7, 11) is 0. The number of aryl methyl sites for hydroxylation is 1. The average molecular weight is 613 g/mol. The van der Waals surface area contributed by atoms with Gasteiger partial charge < -0.3 is 15.2 Å². The van der Waals surface area contributed by atoms with E-state index in [0.717, 1.165) is 52.4 Å². The van der Waals surface area contributed by atoms with Gasteiger partial charge in [0.25, 0.3) is 5.91 Å². The number of hydrogen-bond acceptors (Lipinski definition) is 4. The molecule has 5 nitrogen and oxygen atoms in total. The van der Waals surface area contributed by atoms with Crippen molar-refractivity contribution in [1.82, 2.24) is 5.32 Å². The number of carbonyl (C=O) groups is 2. The number of carboxylic acids is 1. The molecule has 39 heavy (non-hydrogen) atoms. The molecule has 0 aliphatic rings. The maximum absolute atomic E-state index is 13.3. The minimum atomic E-state index is -1.02. The minimum absolute atomic E-state index is 0.0805. The lowest BCUT2D eigenvalue weighted by molar-refractivity contribution is -0.139. The highest BCUT2D eigenvalue weighted by atomic mass is 79.9. The monoisotopic (exact) mass is 611 g/mol. The van der Waals surface area contributed by atoms with E-state index >= 15 is 0 Å². The van der Waals surface area contributed by atoms with Crippen molar-refractivity contribution in [3.8, 4) is 11.1 Å². The van der Waals surface area contributed by atoms with Crippen LogP contribution in [-0.2, 0) is 22.6 Å². The Hall–Kier alpha value is -2.61. The summed E-state index contributed by atoms with van der Waals surface area (Å²) < 4.78 is 7.50. The van der Waals surface area contributed by atoms with E-state index in [-0.39, 0.29) is 12.0 Å². The molecule has 7 heteroatoms. The van der Waals surface area contributed by atoms with Crippen molar-refractivity contribution in [1.29, 1.82) is 0 Å². The van der Waals surface area contributed by atoms with Gasteiger partial charge >= 0.3 is 5.97 Å². The van der Waals surface area contributed by atoms with E-state index in [2.05, 4.69) is 40.3 Å². The van der Waals surface area contributed by atoms with Crippen molar-refractivity contribution in [3.05, 3.63) is 93.5 Å². The molecule has 2 atom stereocenters. The quantitative estimate of drug-likeness (QED) is 0.184. The zero-order valence-corrected chi connectivity index (χ0v) is 25.3. The van der Waals surface area contributed by atoms with Gasteiger partial charge in [0, 0.05) is 10.0 Å². The van der Waals surface area contributed by atoms with Crippen LogP contribution in [0.1, 0.15) is 59.7 Å². The third kappa shape index (κ3) is 9.52. The Kier molecular flexibility index (Phi) is 12.6. The number of aliphatic carboxylic acids is 1. The van der Waals surface area contributed by atoms with Crippen LogP contribution >= 0.6 is 27.7 Å². The minimum Gasteiger partial charge on any atom is -0.480 e. The van der Waals surface area contributed by atoms with Crippen molar-refractivity contribution in [2.75, 3.05) is 12.0 Å². The van der Waals surface area contributed by atoms with Crippen molar-refractivity contribution in [2.45, 2.75) is 64.7 Å².